The smallest absolute Gasteiger partial charge is 0.311 e. The minimum Gasteiger partial charge on any atom is -0.496 e. The third-order valence-corrected chi connectivity index (χ3v) is 4.79. The first-order chi connectivity index (χ1) is 13.7. The van der Waals surface area contributed by atoms with Gasteiger partial charge in [0.2, 0.25) is 11.5 Å². The number of hydrogen-bond acceptors (Lipinski definition) is 7. The van der Waals surface area contributed by atoms with E-state index in [1.165, 1.54) is 28.3 Å². The molecular weight excluding hydrogens is 376 g/mol. The zero-order chi connectivity index (χ0) is 21.8. The summed E-state index contributed by atoms with van der Waals surface area (Å²) in [6.45, 7) is 7.30. The molecule has 7 heteroatoms. The molecule has 0 fully saturated rings. The van der Waals surface area contributed by atoms with E-state index in [0.29, 0.717) is 16.5 Å². The number of carbonyl (C=O) groups excluding carboxylic acids is 2. The number of fused-ring (bicyclic) bond motifs is 1. The monoisotopic (exact) mass is 404 g/mol. The van der Waals surface area contributed by atoms with Crippen molar-refractivity contribution in [2.75, 3.05) is 21.3 Å². The van der Waals surface area contributed by atoms with E-state index >= 15 is 0 Å². The van der Waals surface area contributed by atoms with Crippen molar-refractivity contribution in [1.82, 2.24) is 0 Å². The molecule has 0 aliphatic rings. The van der Waals surface area contributed by atoms with Crippen LogP contribution in [0.25, 0.3) is 10.8 Å². The lowest BCUT2D eigenvalue weighted by atomic mass is 9.87. The lowest BCUT2D eigenvalue weighted by Gasteiger charge is -2.23. The second-order valence-electron chi connectivity index (χ2n) is 7.37. The van der Waals surface area contributed by atoms with Crippen molar-refractivity contribution in [3.8, 4) is 28.7 Å². The highest BCUT2D eigenvalue weighted by Gasteiger charge is 2.29. The Bertz CT molecular complexity index is 915. The quantitative estimate of drug-likeness (QED) is 0.472. The maximum atomic E-state index is 12.7. The molecule has 0 heterocycles. The molecule has 0 spiro atoms. The first-order valence-electron chi connectivity index (χ1n) is 9.32. The third kappa shape index (κ3) is 4.72. The third-order valence-electron chi connectivity index (χ3n) is 4.79. The molecule has 2 aromatic rings. The second-order valence-corrected chi connectivity index (χ2v) is 7.37. The van der Waals surface area contributed by atoms with Gasteiger partial charge in [-0.25, -0.2) is 0 Å². The van der Waals surface area contributed by atoms with Gasteiger partial charge in [-0.2, -0.15) is 0 Å². The summed E-state index contributed by atoms with van der Waals surface area (Å²) in [5, 5.41) is 0.946. The van der Waals surface area contributed by atoms with Gasteiger partial charge in [-0.1, -0.05) is 39.3 Å². The predicted molar refractivity (Wildman–Crippen MR) is 109 cm³/mol. The van der Waals surface area contributed by atoms with E-state index in [1.807, 2.05) is 20.8 Å². The minimum atomic E-state index is -0.524. The van der Waals surface area contributed by atoms with Crippen molar-refractivity contribution in [3.63, 3.8) is 0 Å². The standard InChI is InChI=1S/C22H28O7/c1-8-22(3,4)12-16(24)29-19-17-14(10-9-11-15(17)25-5)18(28-13(2)23)20(26-6)21(19)27-7/h9-11H,8,12H2,1-7H3. The van der Waals surface area contributed by atoms with Gasteiger partial charge >= 0.3 is 11.9 Å². The number of benzene rings is 2. The molecular formula is C22H28O7. The summed E-state index contributed by atoms with van der Waals surface area (Å²) in [6, 6.07) is 5.19. The summed E-state index contributed by atoms with van der Waals surface area (Å²) in [4.78, 5) is 24.4. The van der Waals surface area contributed by atoms with E-state index in [2.05, 4.69) is 0 Å². The summed E-state index contributed by atoms with van der Waals surface area (Å²) in [7, 11) is 4.34. The number of carbonyl (C=O) groups is 2. The first kappa shape index (κ1) is 22.3. The van der Waals surface area contributed by atoms with Crippen LogP contribution in [0.2, 0.25) is 0 Å². The fraction of sp³-hybridized carbons (Fsp3) is 0.455. The Labute approximate surface area is 170 Å². The lowest BCUT2D eigenvalue weighted by molar-refractivity contribution is -0.136. The number of esters is 2. The molecule has 0 atom stereocenters. The van der Waals surface area contributed by atoms with E-state index < -0.39 is 11.9 Å². The van der Waals surface area contributed by atoms with Crippen molar-refractivity contribution in [2.24, 2.45) is 5.41 Å². The average molecular weight is 404 g/mol. The lowest BCUT2D eigenvalue weighted by Crippen LogP contribution is -2.20. The molecule has 0 saturated heterocycles. The zero-order valence-electron chi connectivity index (χ0n) is 18.0. The van der Waals surface area contributed by atoms with E-state index in [-0.39, 0.29) is 34.8 Å². The van der Waals surface area contributed by atoms with Crippen LogP contribution in [0, 0.1) is 5.41 Å². The number of rotatable bonds is 8. The van der Waals surface area contributed by atoms with Crippen molar-refractivity contribution < 1.29 is 33.3 Å². The highest BCUT2D eigenvalue weighted by atomic mass is 16.6. The van der Waals surface area contributed by atoms with Crippen LogP contribution in [0.4, 0.5) is 0 Å². The summed E-state index contributed by atoms with van der Waals surface area (Å²) in [5.74, 6) is 0.122. The Morgan fingerprint density at radius 1 is 0.897 bits per heavy atom. The number of ether oxygens (including phenoxy) is 5. The molecule has 29 heavy (non-hydrogen) atoms. The highest BCUT2D eigenvalue weighted by Crippen LogP contribution is 2.53. The van der Waals surface area contributed by atoms with Crippen molar-refractivity contribution >= 4 is 22.7 Å². The summed E-state index contributed by atoms with van der Waals surface area (Å²) < 4.78 is 27.6. The minimum absolute atomic E-state index is 0.142. The van der Waals surface area contributed by atoms with Gasteiger partial charge in [0.05, 0.1) is 33.1 Å². The van der Waals surface area contributed by atoms with Crippen molar-refractivity contribution in [2.45, 2.75) is 40.5 Å². The molecule has 0 radical (unpaired) electrons. The topological polar surface area (TPSA) is 80.3 Å². The molecule has 0 saturated carbocycles. The van der Waals surface area contributed by atoms with Crippen molar-refractivity contribution in [1.29, 1.82) is 0 Å². The molecule has 0 unspecified atom stereocenters. The van der Waals surface area contributed by atoms with E-state index in [1.54, 1.807) is 18.2 Å². The molecule has 2 rings (SSSR count). The van der Waals surface area contributed by atoms with Gasteiger partial charge < -0.3 is 23.7 Å². The Balaban J connectivity index is 2.79. The summed E-state index contributed by atoms with van der Waals surface area (Å²) in [6.07, 6.45) is 1.04. The maximum absolute atomic E-state index is 12.7. The summed E-state index contributed by atoms with van der Waals surface area (Å²) in [5.41, 5.74) is -0.216. The maximum Gasteiger partial charge on any atom is 0.311 e. The largest absolute Gasteiger partial charge is 0.496 e. The molecule has 7 nitrogen and oxygen atoms in total. The zero-order valence-corrected chi connectivity index (χ0v) is 18.0. The van der Waals surface area contributed by atoms with Crippen LogP contribution in [0.1, 0.15) is 40.5 Å². The van der Waals surface area contributed by atoms with E-state index in [0.717, 1.165) is 6.42 Å². The molecule has 0 amide bonds. The van der Waals surface area contributed by atoms with Crippen LogP contribution >= 0.6 is 0 Å². The van der Waals surface area contributed by atoms with E-state index in [9.17, 15) is 9.59 Å². The summed E-state index contributed by atoms with van der Waals surface area (Å²) >= 11 is 0. The highest BCUT2D eigenvalue weighted by molar-refractivity contribution is 6.04. The van der Waals surface area contributed by atoms with Crippen LogP contribution < -0.4 is 23.7 Å². The van der Waals surface area contributed by atoms with Crippen LogP contribution in [0.15, 0.2) is 18.2 Å². The predicted octanol–water partition coefficient (Wildman–Crippen LogP) is 4.52. The van der Waals surface area contributed by atoms with Gasteiger partial charge in [0.15, 0.2) is 11.5 Å². The molecule has 0 bridgehead atoms. The molecule has 0 aliphatic heterocycles. The Morgan fingerprint density at radius 2 is 1.52 bits per heavy atom. The fourth-order valence-electron chi connectivity index (χ4n) is 2.95. The normalized spacial score (nSPS) is 11.1. The molecule has 0 aromatic heterocycles. The Kier molecular flexibility index (Phi) is 6.95. The molecule has 0 aliphatic carbocycles. The molecule has 0 N–H and O–H groups in total. The van der Waals surface area contributed by atoms with Gasteiger partial charge in [0, 0.05) is 12.3 Å². The molecule has 2 aromatic carbocycles. The van der Waals surface area contributed by atoms with Crippen LogP contribution in [-0.2, 0) is 9.59 Å². The fourth-order valence-corrected chi connectivity index (χ4v) is 2.95. The van der Waals surface area contributed by atoms with Gasteiger partial charge in [-0.3, -0.25) is 9.59 Å². The van der Waals surface area contributed by atoms with E-state index in [4.69, 9.17) is 23.7 Å². The first-order valence-corrected chi connectivity index (χ1v) is 9.32. The SMILES string of the molecule is CCC(C)(C)CC(=O)Oc1c(OC)c(OC)c(OC(C)=O)c2cccc(OC)c12. The average Bonchev–Trinajstić information content (AvgIpc) is 2.67. The van der Waals surface area contributed by atoms with Gasteiger partial charge in [-0.05, 0) is 11.5 Å². The van der Waals surface area contributed by atoms with Crippen LogP contribution in [-0.4, -0.2) is 33.3 Å². The van der Waals surface area contributed by atoms with Gasteiger partial charge in [0.25, 0.3) is 0 Å². The van der Waals surface area contributed by atoms with Gasteiger partial charge in [-0.15, -0.1) is 0 Å². The Hall–Kier alpha value is -2.96. The van der Waals surface area contributed by atoms with Crippen LogP contribution in [0.3, 0.4) is 0 Å². The van der Waals surface area contributed by atoms with Crippen LogP contribution in [0.5, 0.6) is 28.7 Å². The van der Waals surface area contributed by atoms with Gasteiger partial charge in [0.1, 0.15) is 5.75 Å². The van der Waals surface area contributed by atoms with Crippen molar-refractivity contribution in [3.05, 3.63) is 18.2 Å². The number of hydrogen-bond donors (Lipinski definition) is 0. The Morgan fingerprint density at radius 3 is 2.03 bits per heavy atom. The molecule has 158 valence electrons. The number of methoxy groups -OCH3 is 3. The second kappa shape index (κ2) is 9.03.